The van der Waals surface area contributed by atoms with E-state index in [-0.39, 0.29) is 0 Å². The highest BCUT2D eigenvalue weighted by molar-refractivity contribution is 6.22. The topological polar surface area (TPSA) is 0 Å². The Labute approximate surface area is 314 Å². The lowest BCUT2D eigenvalue weighted by atomic mass is 9.84. The molecule has 250 valence electrons. The fourth-order valence-corrected chi connectivity index (χ4v) is 8.70. The smallest absolute Gasteiger partial charge is 0.00261 e. The molecule has 0 radical (unpaired) electrons. The van der Waals surface area contributed by atoms with Gasteiger partial charge in [-0.25, -0.2) is 0 Å². The molecule has 0 unspecified atom stereocenters. The third kappa shape index (κ3) is 4.99. The molecule has 54 heavy (non-hydrogen) atoms. The molecule has 0 aliphatic heterocycles. The normalized spacial score (nSPS) is 11.7. The summed E-state index contributed by atoms with van der Waals surface area (Å²) in [6, 6.07) is 76.3. The molecule has 0 saturated heterocycles. The molecule has 0 heterocycles. The van der Waals surface area contributed by atoms with Crippen LogP contribution in [0.2, 0.25) is 0 Å². The lowest BCUT2D eigenvalue weighted by Gasteiger charge is -2.19. The molecule has 0 aliphatic carbocycles. The Bertz CT molecular complexity index is 3260. The molecule has 0 saturated carbocycles. The van der Waals surface area contributed by atoms with Gasteiger partial charge in [-0.2, -0.15) is 0 Å². The molecule has 0 fully saturated rings. The van der Waals surface area contributed by atoms with E-state index in [4.69, 9.17) is 0 Å². The van der Waals surface area contributed by atoms with Gasteiger partial charge in [-0.05, 0) is 133 Å². The lowest BCUT2D eigenvalue weighted by Crippen LogP contribution is -1.92. The van der Waals surface area contributed by atoms with Crippen molar-refractivity contribution in [1.82, 2.24) is 0 Å². The highest BCUT2D eigenvalue weighted by Gasteiger charge is 2.18. The molecule has 0 spiro atoms. The zero-order valence-electron chi connectivity index (χ0n) is 29.6. The average molecular weight is 683 g/mol. The molecule has 11 aromatic rings. The van der Waals surface area contributed by atoms with Crippen LogP contribution in [0.1, 0.15) is 0 Å². The van der Waals surface area contributed by atoms with Crippen molar-refractivity contribution < 1.29 is 0 Å². The first-order chi connectivity index (χ1) is 26.7. The van der Waals surface area contributed by atoms with E-state index < -0.39 is 0 Å². The first-order valence-corrected chi connectivity index (χ1v) is 18.7. The summed E-state index contributed by atoms with van der Waals surface area (Å²) < 4.78 is 0. The Morgan fingerprint density at radius 3 is 1.22 bits per heavy atom. The minimum atomic E-state index is 1.21. The fraction of sp³-hybridized carbons (Fsp3) is 0. The van der Waals surface area contributed by atoms with Gasteiger partial charge >= 0.3 is 0 Å². The summed E-state index contributed by atoms with van der Waals surface area (Å²) in [5.74, 6) is 0. The maximum atomic E-state index is 2.42. The van der Waals surface area contributed by atoms with Crippen LogP contribution >= 0.6 is 0 Å². The van der Waals surface area contributed by atoms with Crippen molar-refractivity contribution in [3.05, 3.63) is 206 Å². The molecular weight excluding hydrogens is 649 g/mol. The summed E-state index contributed by atoms with van der Waals surface area (Å²) in [5.41, 5.74) is 9.88. The Morgan fingerprint density at radius 2 is 0.537 bits per heavy atom. The van der Waals surface area contributed by atoms with E-state index in [0.29, 0.717) is 0 Å². The van der Waals surface area contributed by atoms with Crippen LogP contribution in [-0.2, 0) is 0 Å². The Kier molecular flexibility index (Phi) is 6.97. The van der Waals surface area contributed by atoms with E-state index in [9.17, 15) is 0 Å². The van der Waals surface area contributed by atoms with Gasteiger partial charge in [-0.3, -0.25) is 0 Å². The predicted molar refractivity (Wildman–Crippen MR) is 233 cm³/mol. The Morgan fingerprint density at radius 1 is 0.167 bits per heavy atom. The maximum Gasteiger partial charge on any atom is -0.00261 e. The van der Waals surface area contributed by atoms with E-state index in [0.717, 1.165) is 0 Å². The summed E-state index contributed by atoms with van der Waals surface area (Å²) in [4.78, 5) is 0. The standard InChI is InChI=1S/C54H34/c1-3-12-41-31-43(26-19-35(41)9-1)45-29-30-50-52(34-45)53(48-15-7-8-16-49(48)54(50)46-28-20-36-10-2-4-13-42(36)32-46)40-24-17-37(18-25-40)44-27-23-39-22-21-38-11-5-6-14-47(38)51(39)33-44/h1-34H. The largest absolute Gasteiger partial charge is 0.0616 e. The van der Waals surface area contributed by atoms with Crippen LogP contribution in [0.25, 0.3) is 109 Å². The van der Waals surface area contributed by atoms with E-state index >= 15 is 0 Å². The van der Waals surface area contributed by atoms with Crippen LogP contribution in [0.5, 0.6) is 0 Å². The van der Waals surface area contributed by atoms with E-state index in [2.05, 4.69) is 206 Å². The van der Waals surface area contributed by atoms with Gasteiger partial charge < -0.3 is 0 Å². The number of fused-ring (bicyclic) bond motifs is 7. The van der Waals surface area contributed by atoms with Crippen LogP contribution in [0.3, 0.4) is 0 Å². The van der Waals surface area contributed by atoms with Crippen molar-refractivity contribution in [1.29, 1.82) is 0 Å². The Balaban J connectivity index is 1.14. The maximum absolute atomic E-state index is 2.42. The van der Waals surface area contributed by atoms with Gasteiger partial charge in [0.15, 0.2) is 0 Å². The van der Waals surface area contributed by atoms with Crippen molar-refractivity contribution in [3.8, 4) is 44.5 Å². The summed E-state index contributed by atoms with van der Waals surface area (Å²) in [7, 11) is 0. The first-order valence-electron chi connectivity index (χ1n) is 18.7. The molecule has 11 rings (SSSR count). The van der Waals surface area contributed by atoms with Crippen molar-refractivity contribution >= 4 is 64.6 Å². The third-order valence-corrected chi connectivity index (χ3v) is 11.4. The van der Waals surface area contributed by atoms with Crippen molar-refractivity contribution in [2.75, 3.05) is 0 Å². The molecule has 0 N–H and O–H groups in total. The van der Waals surface area contributed by atoms with Crippen LogP contribution in [0.15, 0.2) is 206 Å². The number of hydrogen-bond donors (Lipinski definition) is 0. The van der Waals surface area contributed by atoms with Crippen LogP contribution < -0.4 is 0 Å². The van der Waals surface area contributed by atoms with Crippen molar-refractivity contribution in [2.45, 2.75) is 0 Å². The van der Waals surface area contributed by atoms with Gasteiger partial charge in [0.1, 0.15) is 0 Å². The molecule has 0 aliphatic rings. The van der Waals surface area contributed by atoms with Crippen LogP contribution in [-0.4, -0.2) is 0 Å². The number of benzene rings is 11. The SMILES string of the molecule is c1ccc2cc(-c3ccc4c(-c5ccc6ccccc6c5)c5ccccc5c(-c5ccc(-c6ccc7ccc8ccccc8c7c6)cc5)c4c3)ccc2c1. The van der Waals surface area contributed by atoms with E-state index in [1.165, 1.54) is 109 Å². The van der Waals surface area contributed by atoms with Gasteiger partial charge in [-0.15, -0.1) is 0 Å². The summed E-state index contributed by atoms with van der Waals surface area (Å²) in [6.07, 6.45) is 0. The molecule has 0 atom stereocenters. The van der Waals surface area contributed by atoms with Crippen molar-refractivity contribution in [2.24, 2.45) is 0 Å². The van der Waals surface area contributed by atoms with Gasteiger partial charge in [0.05, 0.1) is 0 Å². The number of rotatable bonds is 4. The van der Waals surface area contributed by atoms with E-state index in [1.54, 1.807) is 0 Å². The average Bonchev–Trinajstić information content (AvgIpc) is 3.25. The molecule has 0 aromatic heterocycles. The van der Waals surface area contributed by atoms with Gasteiger partial charge in [0, 0.05) is 0 Å². The molecule has 0 nitrogen and oxygen atoms in total. The minimum absolute atomic E-state index is 1.21. The summed E-state index contributed by atoms with van der Waals surface area (Å²) >= 11 is 0. The third-order valence-electron chi connectivity index (χ3n) is 11.4. The van der Waals surface area contributed by atoms with E-state index in [1.807, 2.05) is 0 Å². The van der Waals surface area contributed by atoms with Gasteiger partial charge in [-0.1, -0.05) is 182 Å². The minimum Gasteiger partial charge on any atom is -0.0616 e. The highest BCUT2D eigenvalue weighted by Crippen LogP contribution is 2.46. The molecule has 0 bridgehead atoms. The van der Waals surface area contributed by atoms with Gasteiger partial charge in [0.25, 0.3) is 0 Å². The zero-order chi connectivity index (χ0) is 35.6. The molecular formula is C54H34. The highest BCUT2D eigenvalue weighted by atomic mass is 14.2. The summed E-state index contributed by atoms with van der Waals surface area (Å²) in [6.45, 7) is 0. The quantitative estimate of drug-likeness (QED) is 0.128. The fourth-order valence-electron chi connectivity index (χ4n) is 8.70. The molecule has 0 heteroatoms. The van der Waals surface area contributed by atoms with Crippen molar-refractivity contribution in [3.63, 3.8) is 0 Å². The first kappa shape index (κ1) is 30.6. The molecule has 11 aromatic carbocycles. The second-order valence-corrected chi connectivity index (χ2v) is 14.5. The number of hydrogen-bond acceptors (Lipinski definition) is 0. The van der Waals surface area contributed by atoms with Crippen LogP contribution in [0.4, 0.5) is 0 Å². The zero-order valence-corrected chi connectivity index (χ0v) is 29.6. The monoisotopic (exact) mass is 682 g/mol. The summed E-state index contributed by atoms with van der Waals surface area (Å²) in [5, 5.41) is 15.2. The second-order valence-electron chi connectivity index (χ2n) is 14.5. The second kappa shape index (κ2) is 12.3. The predicted octanol–water partition coefficient (Wildman–Crippen LogP) is 15.3. The Hall–Kier alpha value is -7.02. The van der Waals surface area contributed by atoms with Gasteiger partial charge in [0.2, 0.25) is 0 Å². The lowest BCUT2D eigenvalue weighted by molar-refractivity contribution is 1.63. The van der Waals surface area contributed by atoms with Crippen LogP contribution in [0, 0.1) is 0 Å². The molecule has 0 amide bonds.